The molecule has 1 amide bonds. The summed E-state index contributed by atoms with van der Waals surface area (Å²) in [6, 6.07) is 7.37. The third-order valence-corrected chi connectivity index (χ3v) is 4.13. The van der Waals surface area contributed by atoms with Crippen LogP contribution in [0, 0.1) is 6.92 Å². The van der Waals surface area contributed by atoms with Gasteiger partial charge in [-0.05, 0) is 56.5 Å². The molecular weight excluding hydrogens is 334 g/mol. The normalized spacial score (nSPS) is 17.7. The van der Waals surface area contributed by atoms with E-state index in [1.165, 1.54) is 0 Å². The molecule has 26 heavy (non-hydrogen) atoms. The predicted molar refractivity (Wildman–Crippen MR) is 96.3 cm³/mol. The van der Waals surface area contributed by atoms with Crippen molar-refractivity contribution >= 4 is 11.6 Å². The first-order chi connectivity index (χ1) is 12.6. The number of ether oxygens (including phenoxy) is 3. The zero-order chi connectivity index (χ0) is 18.4. The third-order valence-electron chi connectivity index (χ3n) is 4.13. The molecule has 1 fully saturated rings. The Labute approximate surface area is 152 Å². The maximum absolute atomic E-state index is 12.3. The predicted octanol–water partition coefficient (Wildman–Crippen LogP) is 3.10. The summed E-state index contributed by atoms with van der Waals surface area (Å²) in [5.41, 5.74) is 1.59. The van der Waals surface area contributed by atoms with Crippen molar-refractivity contribution in [3.8, 4) is 11.8 Å². The summed E-state index contributed by atoms with van der Waals surface area (Å²) in [5.74, 6) is 0.417. The molecule has 3 rings (SSSR count). The summed E-state index contributed by atoms with van der Waals surface area (Å²) < 4.78 is 16.7. The van der Waals surface area contributed by atoms with Crippen molar-refractivity contribution < 1.29 is 19.0 Å². The first-order valence-electron chi connectivity index (χ1n) is 8.71. The summed E-state index contributed by atoms with van der Waals surface area (Å²) in [6.45, 7) is 4.85. The summed E-state index contributed by atoms with van der Waals surface area (Å²) in [6.07, 6.45) is 4.82. The van der Waals surface area contributed by atoms with Gasteiger partial charge in [0.25, 0.3) is 5.91 Å². The van der Waals surface area contributed by atoms with Crippen LogP contribution < -0.4 is 10.1 Å². The SMILES string of the molecule is Cc1cc(Oc2ncccn2)ccc1NC(=O)C(C)OCC1CCCO1. The average molecular weight is 357 g/mol. The second kappa shape index (κ2) is 8.73. The molecule has 1 aromatic carbocycles. The van der Waals surface area contributed by atoms with Gasteiger partial charge in [-0.3, -0.25) is 4.79 Å². The van der Waals surface area contributed by atoms with Gasteiger partial charge >= 0.3 is 6.01 Å². The molecule has 2 aromatic rings. The van der Waals surface area contributed by atoms with E-state index in [2.05, 4.69) is 15.3 Å². The fourth-order valence-corrected chi connectivity index (χ4v) is 2.62. The molecule has 1 N–H and O–H groups in total. The highest BCUT2D eigenvalue weighted by atomic mass is 16.5. The van der Waals surface area contributed by atoms with E-state index >= 15 is 0 Å². The molecule has 0 saturated carbocycles. The summed E-state index contributed by atoms with van der Waals surface area (Å²) in [7, 11) is 0. The van der Waals surface area contributed by atoms with Gasteiger partial charge in [0.05, 0.1) is 12.7 Å². The maximum Gasteiger partial charge on any atom is 0.321 e. The van der Waals surface area contributed by atoms with Crippen molar-refractivity contribution in [3.63, 3.8) is 0 Å². The number of aryl methyl sites for hydroxylation is 1. The zero-order valence-corrected chi connectivity index (χ0v) is 15.0. The Hall–Kier alpha value is -2.51. The maximum atomic E-state index is 12.3. The van der Waals surface area contributed by atoms with Gasteiger partial charge < -0.3 is 19.5 Å². The second-order valence-corrected chi connectivity index (χ2v) is 6.21. The Bertz CT molecular complexity index is 733. The average Bonchev–Trinajstić information content (AvgIpc) is 3.16. The molecule has 0 spiro atoms. The minimum absolute atomic E-state index is 0.101. The number of carbonyl (C=O) groups is 1. The Morgan fingerprint density at radius 1 is 1.38 bits per heavy atom. The minimum Gasteiger partial charge on any atom is -0.424 e. The van der Waals surface area contributed by atoms with Gasteiger partial charge in [0.15, 0.2) is 0 Å². The third kappa shape index (κ3) is 5.00. The van der Waals surface area contributed by atoms with E-state index in [-0.39, 0.29) is 18.0 Å². The second-order valence-electron chi connectivity index (χ2n) is 6.21. The van der Waals surface area contributed by atoms with Crippen LogP contribution in [-0.4, -0.2) is 41.3 Å². The standard InChI is InChI=1S/C19H23N3O4/c1-13-11-15(26-19-20-8-4-9-21-19)6-7-17(13)22-18(23)14(2)25-12-16-5-3-10-24-16/h4,6-9,11,14,16H,3,5,10,12H2,1-2H3,(H,22,23). The van der Waals surface area contributed by atoms with Crippen molar-refractivity contribution in [3.05, 3.63) is 42.2 Å². The Morgan fingerprint density at radius 2 is 2.19 bits per heavy atom. The molecule has 2 unspecified atom stereocenters. The Morgan fingerprint density at radius 3 is 2.88 bits per heavy atom. The fraction of sp³-hybridized carbons (Fsp3) is 0.421. The van der Waals surface area contributed by atoms with Gasteiger partial charge in [-0.2, -0.15) is 0 Å². The highest BCUT2D eigenvalue weighted by Gasteiger charge is 2.20. The van der Waals surface area contributed by atoms with Crippen LogP contribution in [0.15, 0.2) is 36.7 Å². The molecule has 0 radical (unpaired) electrons. The Kier molecular flexibility index (Phi) is 6.14. The number of rotatable bonds is 7. The van der Waals surface area contributed by atoms with Crippen molar-refractivity contribution in [2.75, 3.05) is 18.5 Å². The lowest BCUT2D eigenvalue weighted by atomic mass is 10.2. The molecule has 138 valence electrons. The molecule has 0 aliphatic carbocycles. The van der Waals surface area contributed by atoms with Crippen LogP contribution >= 0.6 is 0 Å². The first kappa shape index (κ1) is 18.3. The van der Waals surface area contributed by atoms with Crippen LogP contribution in [0.2, 0.25) is 0 Å². The van der Waals surface area contributed by atoms with Crippen molar-refractivity contribution in [1.82, 2.24) is 9.97 Å². The van der Waals surface area contributed by atoms with Gasteiger partial charge in [-0.25, -0.2) is 9.97 Å². The molecule has 1 aliphatic rings. The van der Waals surface area contributed by atoms with Crippen LogP contribution in [0.1, 0.15) is 25.3 Å². The molecule has 7 heteroatoms. The smallest absolute Gasteiger partial charge is 0.321 e. The first-order valence-corrected chi connectivity index (χ1v) is 8.71. The molecule has 7 nitrogen and oxygen atoms in total. The number of carbonyl (C=O) groups excluding carboxylic acids is 1. The van der Waals surface area contributed by atoms with E-state index in [9.17, 15) is 4.79 Å². The van der Waals surface area contributed by atoms with Crippen LogP contribution in [0.3, 0.4) is 0 Å². The minimum atomic E-state index is -0.549. The van der Waals surface area contributed by atoms with E-state index in [4.69, 9.17) is 14.2 Å². The van der Waals surface area contributed by atoms with Gasteiger partial charge in [0.1, 0.15) is 11.9 Å². The van der Waals surface area contributed by atoms with Crippen molar-refractivity contribution in [2.45, 2.75) is 38.9 Å². The topological polar surface area (TPSA) is 82.6 Å². The van der Waals surface area contributed by atoms with Crippen LogP contribution in [0.25, 0.3) is 0 Å². The van der Waals surface area contributed by atoms with Gasteiger partial charge in [-0.15, -0.1) is 0 Å². The molecule has 1 aromatic heterocycles. The van der Waals surface area contributed by atoms with E-state index in [0.29, 0.717) is 18.0 Å². The number of hydrogen-bond donors (Lipinski definition) is 1. The van der Waals surface area contributed by atoms with Crippen LogP contribution in [0.4, 0.5) is 5.69 Å². The van der Waals surface area contributed by atoms with Crippen molar-refractivity contribution in [2.24, 2.45) is 0 Å². The lowest BCUT2D eigenvalue weighted by molar-refractivity contribution is -0.128. The summed E-state index contributed by atoms with van der Waals surface area (Å²) in [4.78, 5) is 20.4. The molecule has 1 aliphatic heterocycles. The number of anilines is 1. The number of hydrogen-bond acceptors (Lipinski definition) is 6. The lowest BCUT2D eigenvalue weighted by Crippen LogP contribution is -2.30. The molecule has 0 bridgehead atoms. The zero-order valence-electron chi connectivity index (χ0n) is 15.0. The number of nitrogens with zero attached hydrogens (tertiary/aromatic N) is 2. The fourth-order valence-electron chi connectivity index (χ4n) is 2.62. The monoisotopic (exact) mass is 357 g/mol. The van der Waals surface area contributed by atoms with Gasteiger partial charge in [0, 0.05) is 24.7 Å². The highest BCUT2D eigenvalue weighted by molar-refractivity contribution is 5.94. The highest BCUT2D eigenvalue weighted by Crippen LogP contribution is 2.24. The van der Waals surface area contributed by atoms with Crippen LogP contribution in [0.5, 0.6) is 11.8 Å². The largest absolute Gasteiger partial charge is 0.424 e. The lowest BCUT2D eigenvalue weighted by Gasteiger charge is -2.17. The molecular formula is C19H23N3O4. The molecule has 1 saturated heterocycles. The number of aromatic nitrogens is 2. The van der Waals surface area contributed by atoms with Gasteiger partial charge in [-0.1, -0.05) is 0 Å². The van der Waals surface area contributed by atoms with E-state index < -0.39 is 6.10 Å². The summed E-state index contributed by atoms with van der Waals surface area (Å²) in [5, 5.41) is 2.88. The van der Waals surface area contributed by atoms with Crippen LogP contribution in [-0.2, 0) is 14.3 Å². The molecule has 2 heterocycles. The number of nitrogens with one attached hydrogen (secondary N) is 1. The quantitative estimate of drug-likeness (QED) is 0.820. The van der Waals surface area contributed by atoms with E-state index in [1.807, 2.05) is 13.0 Å². The summed E-state index contributed by atoms with van der Waals surface area (Å²) >= 11 is 0. The number of benzene rings is 1. The van der Waals surface area contributed by atoms with Gasteiger partial charge in [0.2, 0.25) is 0 Å². The molecule has 2 atom stereocenters. The Balaban J connectivity index is 1.54. The van der Waals surface area contributed by atoms with E-state index in [0.717, 1.165) is 25.0 Å². The van der Waals surface area contributed by atoms with E-state index in [1.54, 1.807) is 37.5 Å². The number of amides is 1. The van der Waals surface area contributed by atoms with Crippen molar-refractivity contribution in [1.29, 1.82) is 0 Å².